The van der Waals surface area contributed by atoms with Crippen LogP contribution in [0.4, 0.5) is 0 Å². The van der Waals surface area contributed by atoms with Gasteiger partial charge in [0.05, 0.1) is 6.07 Å². The number of hydrogen-bond donors (Lipinski definition) is 1. The van der Waals surface area contributed by atoms with E-state index >= 15 is 0 Å². The molecule has 0 aromatic carbocycles. The van der Waals surface area contributed by atoms with E-state index in [1.165, 1.54) is 19.3 Å². The lowest BCUT2D eigenvalue weighted by Gasteiger charge is -2.35. The fraction of sp³-hybridized carbons (Fsp3) is 0.882. The molecule has 2 rings (SSSR count). The quantitative estimate of drug-likeness (QED) is 0.830. The summed E-state index contributed by atoms with van der Waals surface area (Å²) >= 11 is 0. The zero-order valence-electron chi connectivity index (χ0n) is 12.8. The van der Waals surface area contributed by atoms with Gasteiger partial charge in [-0.05, 0) is 44.4 Å². The maximum absolute atomic E-state index is 12.5. The van der Waals surface area contributed by atoms with Crippen molar-refractivity contribution in [2.45, 2.75) is 83.1 Å². The molecule has 0 heterocycles. The summed E-state index contributed by atoms with van der Waals surface area (Å²) in [4.78, 5) is 12.5. The molecule has 2 saturated carbocycles. The Labute approximate surface area is 123 Å². The highest BCUT2D eigenvalue weighted by atomic mass is 16.2. The first-order chi connectivity index (χ1) is 9.65. The van der Waals surface area contributed by atoms with Gasteiger partial charge in [-0.15, -0.1) is 0 Å². The van der Waals surface area contributed by atoms with E-state index in [1.54, 1.807) is 0 Å². The minimum Gasteiger partial charge on any atom is -0.338 e. The van der Waals surface area contributed by atoms with Crippen LogP contribution < -0.4 is 5.32 Å². The van der Waals surface area contributed by atoms with E-state index < -0.39 is 5.54 Å². The highest BCUT2D eigenvalue weighted by molar-refractivity contribution is 5.79. The lowest BCUT2D eigenvalue weighted by Crippen LogP contribution is -2.51. The van der Waals surface area contributed by atoms with E-state index in [0.717, 1.165) is 51.4 Å². The number of rotatable bonds is 2. The second-order valence-corrected chi connectivity index (χ2v) is 6.91. The van der Waals surface area contributed by atoms with Crippen molar-refractivity contribution in [3.63, 3.8) is 0 Å². The summed E-state index contributed by atoms with van der Waals surface area (Å²) in [5, 5.41) is 12.6. The van der Waals surface area contributed by atoms with Gasteiger partial charge in [0.25, 0.3) is 0 Å². The molecule has 3 heteroatoms. The van der Waals surface area contributed by atoms with Crippen LogP contribution in [-0.4, -0.2) is 11.4 Å². The highest BCUT2D eigenvalue weighted by Crippen LogP contribution is 2.32. The zero-order chi connectivity index (χ0) is 14.4. The minimum atomic E-state index is -0.577. The molecule has 1 N–H and O–H groups in total. The Morgan fingerprint density at radius 1 is 1.05 bits per heavy atom. The molecule has 0 spiro atoms. The molecule has 112 valence electrons. The maximum Gasteiger partial charge on any atom is 0.224 e. The zero-order valence-corrected chi connectivity index (χ0v) is 12.8. The Hall–Kier alpha value is -1.04. The van der Waals surface area contributed by atoms with Gasteiger partial charge in [-0.2, -0.15) is 5.26 Å². The number of carbonyl (C=O) groups is 1. The number of nitrogens with one attached hydrogen (secondary N) is 1. The third-order valence-electron chi connectivity index (χ3n) is 5.18. The van der Waals surface area contributed by atoms with Crippen LogP contribution in [0.1, 0.15) is 77.6 Å². The summed E-state index contributed by atoms with van der Waals surface area (Å²) in [6, 6.07) is 2.40. The molecule has 0 bridgehead atoms. The van der Waals surface area contributed by atoms with E-state index in [2.05, 4.69) is 18.3 Å². The molecular weight excluding hydrogens is 248 g/mol. The number of amides is 1. The Balaban J connectivity index is 1.92. The molecule has 2 fully saturated rings. The van der Waals surface area contributed by atoms with E-state index in [9.17, 15) is 10.1 Å². The highest BCUT2D eigenvalue weighted by Gasteiger charge is 2.37. The van der Waals surface area contributed by atoms with Gasteiger partial charge in [0.2, 0.25) is 5.91 Å². The first kappa shape index (κ1) is 15.4. The average Bonchev–Trinajstić information content (AvgIpc) is 2.41. The summed E-state index contributed by atoms with van der Waals surface area (Å²) in [6.07, 6.45) is 11.9. The van der Waals surface area contributed by atoms with Crippen molar-refractivity contribution in [3.8, 4) is 6.07 Å². The molecule has 2 aliphatic rings. The Morgan fingerprint density at radius 2 is 1.60 bits per heavy atom. The number of hydrogen-bond acceptors (Lipinski definition) is 2. The molecule has 0 atom stereocenters. The van der Waals surface area contributed by atoms with Crippen LogP contribution >= 0.6 is 0 Å². The smallest absolute Gasteiger partial charge is 0.224 e. The van der Waals surface area contributed by atoms with Gasteiger partial charge in [0, 0.05) is 5.92 Å². The minimum absolute atomic E-state index is 0.139. The second-order valence-electron chi connectivity index (χ2n) is 6.91. The fourth-order valence-electron chi connectivity index (χ4n) is 3.58. The average molecular weight is 276 g/mol. The number of nitriles is 1. The molecule has 0 aliphatic heterocycles. The number of nitrogens with zero attached hydrogens (tertiary/aromatic N) is 1. The molecule has 0 aromatic heterocycles. The lowest BCUT2D eigenvalue weighted by atomic mass is 9.77. The Morgan fingerprint density at radius 3 is 2.15 bits per heavy atom. The molecule has 0 unspecified atom stereocenters. The Kier molecular flexibility index (Phi) is 5.46. The normalized spacial score (nSPS) is 32.7. The third kappa shape index (κ3) is 3.98. The van der Waals surface area contributed by atoms with Crippen molar-refractivity contribution >= 4 is 5.91 Å². The first-order valence-corrected chi connectivity index (χ1v) is 8.38. The molecule has 0 radical (unpaired) electrons. The van der Waals surface area contributed by atoms with Gasteiger partial charge >= 0.3 is 0 Å². The van der Waals surface area contributed by atoms with E-state index in [-0.39, 0.29) is 11.8 Å². The predicted molar refractivity (Wildman–Crippen MR) is 79.9 cm³/mol. The van der Waals surface area contributed by atoms with Gasteiger partial charge in [-0.3, -0.25) is 4.79 Å². The van der Waals surface area contributed by atoms with Gasteiger partial charge in [0.15, 0.2) is 0 Å². The van der Waals surface area contributed by atoms with Crippen molar-refractivity contribution in [1.82, 2.24) is 5.32 Å². The summed E-state index contributed by atoms with van der Waals surface area (Å²) in [7, 11) is 0. The standard InChI is InChI=1S/C17H28N2O/c1-14-9-11-17(13-18,12-10-14)19-16(20)15-7-5-3-2-4-6-8-15/h14-15H,2-12H2,1H3,(H,19,20). The predicted octanol–water partition coefficient (Wildman–Crippen LogP) is 3.94. The van der Waals surface area contributed by atoms with Gasteiger partial charge in [-0.25, -0.2) is 0 Å². The van der Waals surface area contributed by atoms with Crippen LogP contribution in [0.5, 0.6) is 0 Å². The van der Waals surface area contributed by atoms with Crippen LogP contribution in [0, 0.1) is 23.2 Å². The van der Waals surface area contributed by atoms with Gasteiger partial charge < -0.3 is 5.32 Å². The molecule has 3 nitrogen and oxygen atoms in total. The molecule has 20 heavy (non-hydrogen) atoms. The fourth-order valence-corrected chi connectivity index (χ4v) is 3.58. The SMILES string of the molecule is CC1CCC(C#N)(NC(=O)C2CCCCCCC2)CC1. The van der Waals surface area contributed by atoms with Crippen molar-refractivity contribution in [3.05, 3.63) is 0 Å². The molecule has 0 saturated heterocycles. The molecule has 1 amide bonds. The summed E-state index contributed by atoms with van der Waals surface area (Å²) in [5.74, 6) is 0.970. The molecule has 2 aliphatic carbocycles. The van der Waals surface area contributed by atoms with Crippen LogP contribution in [0.15, 0.2) is 0 Å². The van der Waals surface area contributed by atoms with E-state index in [0.29, 0.717) is 5.92 Å². The maximum atomic E-state index is 12.5. The van der Waals surface area contributed by atoms with Crippen molar-refractivity contribution in [2.75, 3.05) is 0 Å². The number of carbonyl (C=O) groups excluding carboxylic acids is 1. The largest absolute Gasteiger partial charge is 0.338 e. The monoisotopic (exact) mass is 276 g/mol. The van der Waals surface area contributed by atoms with Crippen molar-refractivity contribution in [1.29, 1.82) is 5.26 Å². The third-order valence-corrected chi connectivity index (χ3v) is 5.18. The van der Waals surface area contributed by atoms with Crippen LogP contribution in [0.2, 0.25) is 0 Å². The second kappa shape index (κ2) is 7.11. The van der Waals surface area contributed by atoms with Gasteiger partial charge in [-0.1, -0.05) is 39.0 Å². The topological polar surface area (TPSA) is 52.9 Å². The molecular formula is C17H28N2O. The van der Waals surface area contributed by atoms with E-state index in [1.807, 2.05) is 0 Å². The Bertz CT molecular complexity index is 356. The summed E-state index contributed by atoms with van der Waals surface area (Å²) in [6.45, 7) is 2.23. The van der Waals surface area contributed by atoms with Crippen molar-refractivity contribution < 1.29 is 4.79 Å². The van der Waals surface area contributed by atoms with Gasteiger partial charge in [0.1, 0.15) is 5.54 Å². The van der Waals surface area contributed by atoms with Crippen LogP contribution in [0.3, 0.4) is 0 Å². The van der Waals surface area contributed by atoms with Crippen LogP contribution in [-0.2, 0) is 4.79 Å². The van der Waals surface area contributed by atoms with Crippen LogP contribution in [0.25, 0.3) is 0 Å². The lowest BCUT2D eigenvalue weighted by molar-refractivity contribution is -0.127. The van der Waals surface area contributed by atoms with Crippen molar-refractivity contribution in [2.24, 2.45) is 11.8 Å². The van der Waals surface area contributed by atoms with E-state index in [4.69, 9.17) is 0 Å². The summed E-state index contributed by atoms with van der Waals surface area (Å²) in [5.41, 5.74) is -0.577. The summed E-state index contributed by atoms with van der Waals surface area (Å²) < 4.78 is 0. The first-order valence-electron chi connectivity index (χ1n) is 8.38. The molecule has 0 aromatic rings.